The fourth-order valence-electron chi connectivity index (χ4n) is 1.87. The summed E-state index contributed by atoms with van der Waals surface area (Å²) in [4.78, 5) is 16.6. The largest absolute Gasteiger partial charge is 0.321 e. The summed E-state index contributed by atoms with van der Waals surface area (Å²) in [6.45, 7) is 1.84. The molecule has 0 spiro atoms. The number of thiophene rings is 1. The molecule has 1 amide bonds. The molecule has 106 valence electrons. The number of aromatic amines is 1. The Bertz CT molecular complexity index is 796. The molecular weight excluding hydrogens is 399 g/mol. The van der Waals surface area contributed by atoms with Gasteiger partial charge in [0.2, 0.25) is 0 Å². The molecule has 21 heavy (non-hydrogen) atoms. The van der Waals surface area contributed by atoms with Crippen LogP contribution in [-0.4, -0.2) is 21.1 Å². The third-order valence-electron chi connectivity index (χ3n) is 2.84. The quantitative estimate of drug-likeness (QED) is 0.647. The van der Waals surface area contributed by atoms with E-state index in [0.717, 1.165) is 14.3 Å². The van der Waals surface area contributed by atoms with E-state index in [1.165, 1.54) is 0 Å². The minimum atomic E-state index is -0.131. The molecule has 3 aromatic rings. The summed E-state index contributed by atoms with van der Waals surface area (Å²) in [6, 6.07) is 9.35. The second-order valence-corrected chi connectivity index (χ2v) is 7.19. The minimum Gasteiger partial charge on any atom is -0.321 e. The molecule has 0 unspecified atom stereocenters. The topological polar surface area (TPSA) is 70.7 Å². The van der Waals surface area contributed by atoms with E-state index in [9.17, 15) is 4.79 Å². The van der Waals surface area contributed by atoms with Crippen molar-refractivity contribution in [3.63, 3.8) is 0 Å². The maximum absolute atomic E-state index is 12.3. The van der Waals surface area contributed by atoms with Crippen LogP contribution in [0.1, 0.15) is 16.2 Å². The molecule has 7 heteroatoms. The maximum atomic E-state index is 12.3. The predicted octanol–water partition coefficient (Wildman–Crippen LogP) is 3.70. The molecule has 0 atom stereocenters. The number of anilines is 1. The number of carbonyl (C=O) groups excluding carboxylic acids is 1. The number of carbonyl (C=O) groups is 1. The summed E-state index contributed by atoms with van der Waals surface area (Å²) in [7, 11) is 0. The molecule has 2 heterocycles. The van der Waals surface area contributed by atoms with Gasteiger partial charge in [0.15, 0.2) is 5.82 Å². The minimum absolute atomic E-state index is 0.131. The Labute approximate surface area is 139 Å². The summed E-state index contributed by atoms with van der Waals surface area (Å²) in [5.41, 5.74) is 2.15. The van der Waals surface area contributed by atoms with E-state index in [4.69, 9.17) is 0 Å². The predicted molar refractivity (Wildman–Crippen MR) is 91.5 cm³/mol. The highest BCUT2D eigenvalue weighted by Gasteiger charge is 2.13. The third kappa shape index (κ3) is 3.13. The molecule has 1 aromatic carbocycles. The first-order chi connectivity index (χ1) is 10.1. The summed E-state index contributed by atoms with van der Waals surface area (Å²) in [6.07, 6.45) is 0. The summed E-state index contributed by atoms with van der Waals surface area (Å²) in [5, 5.41) is 11.7. The van der Waals surface area contributed by atoms with Gasteiger partial charge >= 0.3 is 0 Å². The average molecular weight is 410 g/mol. The SMILES string of the molecule is Cc1nc(-c2ccccc2NC(=O)c2csc(I)c2)n[nH]1. The lowest BCUT2D eigenvalue weighted by Gasteiger charge is -2.07. The van der Waals surface area contributed by atoms with Gasteiger partial charge in [-0.2, -0.15) is 5.10 Å². The van der Waals surface area contributed by atoms with Gasteiger partial charge in [0.1, 0.15) is 5.82 Å². The van der Waals surface area contributed by atoms with E-state index in [1.54, 1.807) is 11.3 Å². The van der Waals surface area contributed by atoms with E-state index in [2.05, 4.69) is 43.1 Å². The van der Waals surface area contributed by atoms with E-state index < -0.39 is 0 Å². The van der Waals surface area contributed by atoms with Crippen LogP contribution in [0.2, 0.25) is 0 Å². The third-order valence-corrected chi connectivity index (χ3v) is 4.63. The van der Waals surface area contributed by atoms with Gasteiger partial charge < -0.3 is 5.32 Å². The van der Waals surface area contributed by atoms with Gasteiger partial charge in [-0.3, -0.25) is 9.89 Å². The van der Waals surface area contributed by atoms with Gasteiger partial charge in [-0.1, -0.05) is 12.1 Å². The zero-order valence-corrected chi connectivity index (χ0v) is 14.0. The zero-order chi connectivity index (χ0) is 14.8. The number of rotatable bonds is 3. The second-order valence-electron chi connectivity index (χ2n) is 4.38. The molecule has 2 N–H and O–H groups in total. The average Bonchev–Trinajstić information content (AvgIpc) is 3.08. The Kier molecular flexibility index (Phi) is 4.02. The first-order valence-electron chi connectivity index (χ1n) is 6.17. The Morgan fingerprint density at radius 3 is 2.86 bits per heavy atom. The first kappa shape index (κ1) is 14.2. The van der Waals surface area contributed by atoms with Crippen LogP contribution in [0.5, 0.6) is 0 Å². The Morgan fingerprint density at radius 2 is 2.19 bits per heavy atom. The van der Waals surface area contributed by atoms with Crippen molar-refractivity contribution in [2.75, 3.05) is 5.32 Å². The lowest BCUT2D eigenvalue weighted by atomic mass is 10.1. The van der Waals surface area contributed by atoms with Crippen LogP contribution in [-0.2, 0) is 0 Å². The summed E-state index contributed by atoms with van der Waals surface area (Å²) >= 11 is 3.74. The molecule has 0 aliphatic heterocycles. The van der Waals surface area contributed by atoms with Crippen LogP contribution in [0.3, 0.4) is 0 Å². The number of halogens is 1. The van der Waals surface area contributed by atoms with Crippen molar-refractivity contribution < 1.29 is 4.79 Å². The van der Waals surface area contributed by atoms with Crippen molar-refractivity contribution in [3.8, 4) is 11.4 Å². The van der Waals surface area contributed by atoms with E-state index in [1.807, 2.05) is 42.6 Å². The van der Waals surface area contributed by atoms with Crippen molar-refractivity contribution in [3.05, 3.63) is 50.0 Å². The van der Waals surface area contributed by atoms with Crippen LogP contribution in [0, 0.1) is 9.81 Å². The van der Waals surface area contributed by atoms with Crippen molar-refractivity contribution in [1.29, 1.82) is 0 Å². The van der Waals surface area contributed by atoms with Crippen LogP contribution < -0.4 is 5.32 Å². The summed E-state index contributed by atoms with van der Waals surface area (Å²) in [5.74, 6) is 1.18. The van der Waals surface area contributed by atoms with Crippen LogP contribution >= 0.6 is 33.9 Å². The molecule has 3 rings (SSSR count). The van der Waals surface area contributed by atoms with Gasteiger partial charge in [0.25, 0.3) is 5.91 Å². The number of benzene rings is 1. The molecule has 0 aliphatic carbocycles. The molecule has 5 nitrogen and oxygen atoms in total. The smallest absolute Gasteiger partial charge is 0.256 e. The molecule has 2 aromatic heterocycles. The van der Waals surface area contributed by atoms with Crippen molar-refractivity contribution in [2.45, 2.75) is 6.92 Å². The molecule has 0 fully saturated rings. The van der Waals surface area contributed by atoms with Crippen LogP contribution in [0.15, 0.2) is 35.7 Å². The number of hydrogen-bond acceptors (Lipinski definition) is 4. The number of H-pyrrole nitrogens is 1. The van der Waals surface area contributed by atoms with Crippen molar-refractivity contribution >= 4 is 45.5 Å². The molecule has 0 aliphatic rings. The highest BCUT2D eigenvalue weighted by Crippen LogP contribution is 2.26. The lowest BCUT2D eigenvalue weighted by molar-refractivity contribution is 0.102. The van der Waals surface area contributed by atoms with Crippen LogP contribution in [0.25, 0.3) is 11.4 Å². The fraction of sp³-hybridized carbons (Fsp3) is 0.0714. The summed E-state index contributed by atoms with van der Waals surface area (Å²) < 4.78 is 1.08. The van der Waals surface area contributed by atoms with Gasteiger partial charge in [0, 0.05) is 10.9 Å². The Balaban J connectivity index is 1.91. The number of para-hydroxylation sites is 1. The highest BCUT2D eigenvalue weighted by atomic mass is 127. The van der Waals surface area contributed by atoms with Gasteiger partial charge in [0.05, 0.1) is 14.1 Å². The highest BCUT2D eigenvalue weighted by molar-refractivity contribution is 14.1. The molecule has 0 bridgehead atoms. The normalized spacial score (nSPS) is 10.6. The number of aryl methyl sites for hydroxylation is 1. The Hall–Kier alpha value is -1.74. The molecule has 0 saturated carbocycles. The lowest BCUT2D eigenvalue weighted by Crippen LogP contribution is -2.11. The number of nitrogens with zero attached hydrogens (tertiary/aromatic N) is 2. The van der Waals surface area contributed by atoms with E-state index >= 15 is 0 Å². The monoisotopic (exact) mass is 410 g/mol. The van der Waals surface area contributed by atoms with Crippen LogP contribution in [0.4, 0.5) is 5.69 Å². The number of nitrogens with one attached hydrogen (secondary N) is 2. The number of hydrogen-bond donors (Lipinski definition) is 2. The standard InChI is InChI=1S/C14H11IN4OS/c1-8-16-13(19-18-8)10-4-2-3-5-11(10)17-14(20)9-6-12(15)21-7-9/h2-7H,1H3,(H,17,20)(H,16,18,19). The molecular formula is C14H11IN4OS. The zero-order valence-electron chi connectivity index (χ0n) is 11.1. The second kappa shape index (κ2) is 5.94. The van der Waals surface area contributed by atoms with Gasteiger partial charge in [-0.15, -0.1) is 11.3 Å². The van der Waals surface area contributed by atoms with Crippen molar-refractivity contribution in [2.24, 2.45) is 0 Å². The fourth-order valence-corrected chi connectivity index (χ4v) is 3.20. The number of aromatic nitrogens is 3. The van der Waals surface area contributed by atoms with E-state index in [0.29, 0.717) is 17.1 Å². The Morgan fingerprint density at radius 1 is 1.38 bits per heavy atom. The first-order valence-corrected chi connectivity index (χ1v) is 8.13. The molecule has 0 radical (unpaired) electrons. The number of amides is 1. The van der Waals surface area contributed by atoms with Gasteiger partial charge in [-0.25, -0.2) is 4.98 Å². The molecule has 0 saturated heterocycles. The van der Waals surface area contributed by atoms with Crippen molar-refractivity contribution in [1.82, 2.24) is 15.2 Å². The van der Waals surface area contributed by atoms with Gasteiger partial charge in [-0.05, 0) is 47.7 Å². The maximum Gasteiger partial charge on any atom is 0.256 e. The van der Waals surface area contributed by atoms with E-state index in [-0.39, 0.29) is 5.91 Å².